The quantitative estimate of drug-likeness (QED) is 0.426. The number of pyridine rings is 1. The van der Waals surface area contributed by atoms with Crippen LogP contribution >= 0.6 is 0 Å². The van der Waals surface area contributed by atoms with E-state index in [1.54, 1.807) is 0 Å². The number of fused-ring (bicyclic) bond motifs is 1. The molecule has 0 amide bonds. The second-order valence-corrected chi connectivity index (χ2v) is 9.79. The molecule has 3 rings (SSSR count). The van der Waals surface area contributed by atoms with Gasteiger partial charge in [-0.2, -0.15) is 4.57 Å². The topological polar surface area (TPSA) is 3.88 Å². The first-order valence-corrected chi connectivity index (χ1v) is 10.5. The Hall–Kier alpha value is -2.15. The van der Waals surface area contributed by atoms with Crippen molar-refractivity contribution >= 4 is 10.8 Å². The van der Waals surface area contributed by atoms with Gasteiger partial charge in [0.1, 0.15) is 7.05 Å². The van der Waals surface area contributed by atoms with Gasteiger partial charge in [-0.25, -0.2) is 0 Å². The second-order valence-electron chi connectivity index (χ2n) is 9.79. The number of aromatic nitrogens is 1. The van der Waals surface area contributed by atoms with Gasteiger partial charge in [0.15, 0.2) is 5.69 Å². The average Bonchev–Trinajstić information content (AvgIpc) is 2.62. The zero-order valence-electron chi connectivity index (χ0n) is 19.4. The molecule has 0 spiro atoms. The van der Waals surface area contributed by atoms with Gasteiger partial charge in [-0.05, 0) is 71.9 Å². The number of benzene rings is 2. The fourth-order valence-electron chi connectivity index (χ4n) is 4.10. The molecule has 0 aliphatic heterocycles. The Morgan fingerprint density at radius 1 is 0.821 bits per heavy atom. The first-order chi connectivity index (χ1) is 12.9. The third-order valence-corrected chi connectivity index (χ3v) is 6.54. The molecular weight excluding hydrogens is 338 g/mol. The van der Waals surface area contributed by atoms with Gasteiger partial charge in [-0.15, -0.1) is 0 Å². The molecule has 0 saturated heterocycles. The van der Waals surface area contributed by atoms with Gasteiger partial charge < -0.3 is 0 Å². The lowest BCUT2D eigenvalue weighted by Gasteiger charge is -2.22. The lowest BCUT2D eigenvalue weighted by molar-refractivity contribution is -0.665. The molecule has 3 aromatic rings. The molecule has 1 aromatic heterocycles. The third kappa shape index (κ3) is 3.36. The third-order valence-electron chi connectivity index (χ3n) is 6.54. The van der Waals surface area contributed by atoms with Gasteiger partial charge in [0, 0.05) is 12.5 Å². The second kappa shape index (κ2) is 7.03. The molecule has 28 heavy (non-hydrogen) atoms. The lowest BCUT2D eigenvalue weighted by atomic mass is 9.82. The summed E-state index contributed by atoms with van der Waals surface area (Å²) >= 11 is 0. The Kier molecular flexibility index (Phi) is 5.17. The summed E-state index contributed by atoms with van der Waals surface area (Å²) in [4.78, 5) is 0. The molecule has 0 aliphatic carbocycles. The number of nitrogens with zero attached hydrogens (tertiary/aromatic N) is 1. The fraction of sp³-hybridized carbons (Fsp3) is 0.444. The van der Waals surface area contributed by atoms with E-state index < -0.39 is 0 Å². The molecule has 1 heteroatoms. The summed E-state index contributed by atoms with van der Waals surface area (Å²) in [5.74, 6) is 0.537. The van der Waals surface area contributed by atoms with Crippen LogP contribution in [-0.4, -0.2) is 0 Å². The predicted octanol–water partition coefficient (Wildman–Crippen LogP) is 6.99. The molecule has 0 fully saturated rings. The van der Waals surface area contributed by atoms with Crippen LogP contribution in [0, 0.1) is 27.7 Å². The lowest BCUT2D eigenvalue weighted by Crippen LogP contribution is -2.36. The van der Waals surface area contributed by atoms with Gasteiger partial charge in [0.2, 0.25) is 5.69 Å². The van der Waals surface area contributed by atoms with Crippen molar-refractivity contribution in [2.75, 3.05) is 0 Å². The molecule has 1 nitrogen and oxygen atoms in total. The van der Waals surface area contributed by atoms with Gasteiger partial charge >= 0.3 is 0 Å². The van der Waals surface area contributed by atoms with E-state index in [9.17, 15) is 0 Å². The van der Waals surface area contributed by atoms with E-state index in [2.05, 4.69) is 104 Å². The normalized spacial score (nSPS) is 12.2. The maximum Gasteiger partial charge on any atom is 0.220 e. The smallest absolute Gasteiger partial charge is 0.198 e. The standard InChI is InChI=1S/C27H36N/c1-16(2)21-11-12-23-24(14-21)19(5)20(6)28(10)26(23)25-15-22(27(7,8)9)13-17(3)18(25)4/h11-16H,1-10H3/q+1. The van der Waals surface area contributed by atoms with E-state index in [-0.39, 0.29) is 5.41 Å². The van der Waals surface area contributed by atoms with Crippen molar-refractivity contribution in [2.45, 2.75) is 73.6 Å². The summed E-state index contributed by atoms with van der Waals surface area (Å²) in [7, 11) is 2.21. The van der Waals surface area contributed by atoms with Crippen LogP contribution in [0.5, 0.6) is 0 Å². The van der Waals surface area contributed by atoms with Crippen LogP contribution in [0.3, 0.4) is 0 Å². The highest BCUT2D eigenvalue weighted by Crippen LogP contribution is 2.36. The molecule has 1 heterocycles. The van der Waals surface area contributed by atoms with Gasteiger partial charge in [-0.3, -0.25) is 0 Å². The molecule has 0 bridgehead atoms. The van der Waals surface area contributed by atoms with Gasteiger partial charge in [0.25, 0.3) is 0 Å². The van der Waals surface area contributed by atoms with E-state index in [0.29, 0.717) is 5.92 Å². The highest BCUT2D eigenvalue weighted by atomic mass is 14.9. The number of aryl methyl sites for hydroxylation is 2. The van der Waals surface area contributed by atoms with Crippen LogP contribution in [0.2, 0.25) is 0 Å². The molecule has 0 aliphatic rings. The summed E-state index contributed by atoms with van der Waals surface area (Å²) in [5, 5.41) is 2.73. The Labute approximate surface area is 171 Å². The maximum atomic E-state index is 2.42. The van der Waals surface area contributed by atoms with Crippen molar-refractivity contribution < 1.29 is 4.57 Å². The highest BCUT2D eigenvalue weighted by molar-refractivity contribution is 5.96. The molecule has 0 N–H and O–H groups in total. The predicted molar refractivity (Wildman–Crippen MR) is 122 cm³/mol. The van der Waals surface area contributed by atoms with Crippen LogP contribution in [0.1, 0.15) is 74.0 Å². The van der Waals surface area contributed by atoms with E-state index in [1.807, 2.05) is 0 Å². The van der Waals surface area contributed by atoms with Crippen LogP contribution in [0.15, 0.2) is 30.3 Å². The average molecular weight is 375 g/mol. The van der Waals surface area contributed by atoms with Crippen LogP contribution in [-0.2, 0) is 12.5 Å². The van der Waals surface area contributed by atoms with Gasteiger partial charge in [-0.1, -0.05) is 52.8 Å². The summed E-state index contributed by atoms with van der Waals surface area (Å²) in [6, 6.07) is 11.8. The van der Waals surface area contributed by atoms with Crippen molar-refractivity contribution in [2.24, 2.45) is 7.05 Å². The SMILES string of the molecule is Cc1cc(C(C)(C)C)cc(-c2c3ccc(C(C)C)cc3c(C)c(C)[n+]2C)c1C. The zero-order chi connectivity index (χ0) is 21.0. The summed E-state index contributed by atoms with van der Waals surface area (Å²) in [6.07, 6.45) is 0. The largest absolute Gasteiger partial charge is 0.220 e. The molecule has 0 radical (unpaired) electrons. The van der Waals surface area contributed by atoms with Crippen molar-refractivity contribution in [3.63, 3.8) is 0 Å². The van der Waals surface area contributed by atoms with Crippen LogP contribution in [0.4, 0.5) is 0 Å². The Morgan fingerprint density at radius 3 is 2.04 bits per heavy atom. The number of hydrogen-bond acceptors (Lipinski definition) is 0. The minimum Gasteiger partial charge on any atom is -0.198 e. The monoisotopic (exact) mass is 374 g/mol. The Bertz CT molecular complexity index is 1060. The molecular formula is C27H36N+. The molecule has 0 unspecified atom stereocenters. The minimum atomic E-state index is 0.131. The van der Waals surface area contributed by atoms with Crippen LogP contribution < -0.4 is 4.57 Å². The Balaban J connectivity index is 2.46. The first-order valence-electron chi connectivity index (χ1n) is 10.5. The molecule has 148 valence electrons. The van der Waals surface area contributed by atoms with E-state index in [0.717, 1.165) is 0 Å². The summed E-state index contributed by atoms with van der Waals surface area (Å²) in [6.45, 7) is 20.5. The number of hydrogen-bond donors (Lipinski definition) is 0. The summed E-state index contributed by atoms with van der Waals surface area (Å²) < 4.78 is 2.39. The summed E-state index contributed by atoms with van der Waals surface area (Å²) in [5.41, 5.74) is 11.1. The van der Waals surface area contributed by atoms with Crippen molar-refractivity contribution in [1.82, 2.24) is 0 Å². The molecule has 2 aromatic carbocycles. The zero-order valence-corrected chi connectivity index (χ0v) is 19.4. The molecule has 0 atom stereocenters. The highest BCUT2D eigenvalue weighted by Gasteiger charge is 2.25. The fourth-order valence-corrected chi connectivity index (χ4v) is 4.10. The number of rotatable bonds is 2. The van der Waals surface area contributed by atoms with E-state index in [4.69, 9.17) is 0 Å². The van der Waals surface area contributed by atoms with Crippen molar-refractivity contribution in [3.05, 3.63) is 63.8 Å². The van der Waals surface area contributed by atoms with Crippen molar-refractivity contribution in [3.8, 4) is 11.3 Å². The van der Waals surface area contributed by atoms with E-state index in [1.165, 1.54) is 55.5 Å². The Morgan fingerprint density at radius 2 is 1.46 bits per heavy atom. The maximum absolute atomic E-state index is 2.42. The van der Waals surface area contributed by atoms with Crippen molar-refractivity contribution in [1.29, 1.82) is 0 Å². The van der Waals surface area contributed by atoms with Crippen LogP contribution in [0.25, 0.3) is 22.0 Å². The first kappa shape index (κ1) is 20.6. The van der Waals surface area contributed by atoms with E-state index >= 15 is 0 Å². The molecule has 0 saturated carbocycles. The van der Waals surface area contributed by atoms with Gasteiger partial charge in [0.05, 0.1) is 10.9 Å². The minimum absolute atomic E-state index is 0.131.